The van der Waals surface area contributed by atoms with Gasteiger partial charge in [-0.15, -0.1) is 0 Å². The van der Waals surface area contributed by atoms with Crippen molar-refractivity contribution in [2.45, 2.75) is 25.9 Å². The Balaban J connectivity index is 1.79. The third-order valence-electron chi connectivity index (χ3n) is 6.31. The highest BCUT2D eigenvalue weighted by molar-refractivity contribution is 5.99. The zero-order valence-corrected chi connectivity index (χ0v) is 21.7. The molecule has 7 heteroatoms. The summed E-state index contributed by atoms with van der Waals surface area (Å²) in [6.45, 7) is 5.53. The van der Waals surface area contributed by atoms with Crippen LogP contribution in [0.3, 0.4) is 0 Å². The smallest absolute Gasteiger partial charge is 0.134 e. The van der Waals surface area contributed by atoms with Crippen molar-refractivity contribution in [1.29, 1.82) is 0 Å². The summed E-state index contributed by atoms with van der Waals surface area (Å²) in [5.41, 5.74) is 16.2. The molecule has 3 aromatic rings. The highest BCUT2D eigenvalue weighted by Gasteiger charge is 2.11. The zero-order valence-electron chi connectivity index (χ0n) is 21.7. The molecule has 35 heavy (non-hydrogen) atoms. The van der Waals surface area contributed by atoms with E-state index in [9.17, 15) is 0 Å². The third kappa shape index (κ3) is 7.04. The van der Waals surface area contributed by atoms with Crippen LogP contribution in [0.25, 0.3) is 22.6 Å². The quantitative estimate of drug-likeness (QED) is 0.343. The molecule has 0 radical (unpaired) electrons. The second-order valence-electron chi connectivity index (χ2n) is 9.40. The van der Waals surface area contributed by atoms with Crippen molar-refractivity contribution in [3.63, 3.8) is 0 Å². The minimum Gasteiger partial charge on any atom is -0.456 e. The van der Waals surface area contributed by atoms with E-state index in [-0.39, 0.29) is 0 Å². The summed E-state index contributed by atoms with van der Waals surface area (Å²) in [6.07, 6.45) is 0. The lowest BCUT2D eigenvalue weighted by atomic mass is 10.1. The van der Waals surface area contributed by atoms with Gasteiger partial charge in [-0.3, -0.25) is 9.98 Å². The molecular weight excluding hydrogens is 436 g/mol. The number of aliphatic imine (C=N–C) groups is 2. The van der Waals surface area contributed by atoms with Crippen molar-refractivity contribution in [2.24, 2.45) is 21.5 Å². The van der Waals surface area contributed by atoms with E-state index in [1.807, 2.05) is 88.9 Å². The Labute approximate surface area is 209 Å². The lowest BCUT2D eigenvalue weighted by Crippen LogP contribution is -2.28. The molecule has 0 aliphatic rings. The summed E-state index contributed by atoms with van der Waals surface area (Å²) in [4.78, 5) is 13.4. The van der Waals surface area contributed by atoms with E-state index in [4.69, 9.17) is 15.9 Å². The normalized spacial score (nSPS) is 14.5. The van der Waals surface area contributed by atoms with Gasteiger partial charge in [0, 0.05) is 34.3 Å². The fraction of sp³-hybridized carbons (Fsp3) is 0.357. The van der Waals surface area contributed by atoms with E-state index in [1.165, 1.54) is 0 Å². The molecule has 0 spiro atoms. The van der Waals surface area contributed by atoms with Crippen LogP contribution in [0.15, 0.2) is 75.1 Å². The van der Waals surface area contributed by atoms with Crippen LogP contribution in [0.2, 0.25) is 0 Å². The first-order valence-electron chi connectivity index (χ1n) is 11.9. The number of amidine groups is 2. The first kappa shape index (κ1) is 26.2. The number of hydrogen-bond acceptors (Lipinski definition) is 5. The van der Waals surface area contributed by atoms with Crippen molar-refractivity contribution < 1.29 is 4.42 Å². The van der Waals surface area contributed by atoms with E-state index >= 15 is 0 Å². The summed E-state index contributed by atoms with van der Waals surface area (Å²) in [7, 11) is 8.14. The van der Waals surface area contributed by atoms with Crippen molar-refractivity contribution in [2.75, 3.05) is 41.3 Å². The molecule has 1 heterocycles. The zero-order chi connectivity index (χ0) is 25.5. The van der Waals surface area contributed by atoms with Crippen LogP contribution in [-0.4, -0.2) is 74.8 Å². The SMILES string of the molecule is CC(CN=C(N)c1cccc(-c2ccc(-c3cccc(C(N)=NCC(C)N(C)C)c3)o2)c1)N(C)C. The van der Waals surface area contributed by atoms with E-state index in [0.29, 0.717) is 36.8 Å². The molecule has 4 N–H and O–H groups in total. The molecular formula is C28H38N6O. The summed E-state index contributed by atoms with van der Waals surface area (Å²) in [5.74, 6) is 2.59. The second-order valence-corrected chi connectivity index (χ2v) is 9.40. The number of nitrogens with two attached hydrogens (primary N) is 2. The fourth-order valence-electron chi connectivity index (χ4n) is 3.28. The van der Waals surface area contributed by atoms with Gasteiger partial charge in [0.15, 0.2) is 0 Å². The second kappa shape index (κ2) is 11.8. The van der Waals surface area contributed by atoms with E-state index in [1.54, 1.807) is 0 Å². The van der Waals surface area contributed by atoms with Crippen LogP contribution in [0.4, 0.5) is 0 Å². The van der Waals surface area contributed by atoms with Crippen molar-refractivity contribution in [3.05, 3.63) is 71.8 Å². The van der Waals surface area contributed by atoms with Gasteiger partial charge in [-0.25, -0.2) is 0 Å². The Bertz CT molecular complexity index is 1090. The number of benzene rings is 2. The third-order valence-corrected chi connectivity index (χ3v) is 6.31. The molecule has 0 saturated carbocycles. The lowest BCUT2D eigenvalue weighted by Gasteiger charge is -2.17. The number of hydrogen-bond donors (Lipinski definition) is 2. The Hall–Kier alpha value is -3.42. The molecule has 0 aliphatic carbocycles. The molecule has 0 aliphatic heterocycles. The molecule has 2 atom stereocenters. The molecule has 0 amide bonds. The van der Waals surface area contributed by atoms with Gasteiger partial charge in [0.1, 0.15) is 23.2 Å². The Morgan fingerprint density at radius 1 is 0.714 bits per heavy atom. The minimum atomic E-state index is 0.315. The summed E-state index contributed by atoms with van der Waals surface area (Å²) < 4.78 is 6.21. The Morgan fingerprint density at radius 3 is 1.49 bits per heavy atom. The van der Waals surface area contributed by atoms with Crippen LogP contribution in [-0.2, 0) is 0 Å². The monoisotopic (exact) mass is 474 g/mol. The van der Waals surface area contributed by atoms with Crippen molar-refractivity contribution >= 4 is 11.7 Å². The summed E-state index contributed by atoms with van der Waals surface area (Å²) in [5, 5.41) is 0. The topological polar surface area (TPSA) is 96.4 Å². The molecule has 2 unspecified atom stereocenters. The first-order valence-corrected chi connectivity index (χ1v) is 11.9. The van der Waals surface area contributed by atoms with Gasteiger partial charge < -0.3 is 25.7 Å². The molecule has 3 rings (SSSR count). The number of furan rings is 1. The summed E-state index contributed by atoms with van der Waals surface area (Å²) >= 11 is 0. The average molecular weight is 475 g/mol. The number of likely N-dealkylation sites (N-methyl/N-ethyl adjacent to an activating group) is 2. The number of rotatable bonds is 10. The van der Waals surface area contributed by atoms with Gasteiger partial charge in [0.25, 0.3) is 0 Å². The fourth-order valence-corrected chi connectivity index (χ4v) is 3.28. The highest BCUT2D eigenvalue weighted by Crippen LogP contribution is 2.29. The molecule has 0 bridgehead atoms. The Kier molecular flexibility index (Phi) is 8.84. The highest BCUT2D eigenvalue weighted by atomic mass is 16.3. The van der Waals surface area contributed by atoms with E-state index < -0.39 is 0 Å². The molecule has 1 aromatic heterocycles. The maximum Gasteiger partial charge on any atom is 0.134 e. The molecule has 186 valence electrons. The first-order chi connectivity index (χ1) is 16.7. The lowest BCUT2D eigenvalue weighted by molar-refractivity contribution is 0.321. The van der Waals surface area contributed by atoms with Crippen LogP contribution in [0.1, 0.15) is 25.0 Å². The van der Waals surface area contributed by atoms with Crippen LogP contribution >= 0.6 is 0 Å². The van der Waals surface area contributed by atoms with Crippen molar-refractivity contribution in [1.82, 2.24) is 9.80 Å². The molecule has 7 nitrogen and oxygen atoms in total. The number of nitrogens with zero attached hydrogens (tertiary/aromatic N) is 4. The maximum atomic E-state index is 6.27. The van der Waals surface area contributed by atoms with Crippen LogP contribution in [0.5, 0.6) is 0 Å². The molecule has 2 aromatic carbocycles. The van der Waals surface area contributed by atoms with Gasteiger partial charge >= 0.3 is 0 Å². The molecule has 0 fully saturated rings. The van der Waals surface area contributed by atoms with Crippen LogP contribution in [0, 0.1) is 0 Å². The largest absolute Gasteiger partial charge is 0.456 e. The van der Waals surface area contributed by atoms with Gasteiger partial charge in [0.2, 0.25) is 0 Å². The minimum absolute atomic E-state index is 0.315. The summed E-state index contributed by atoms with van der Waals surface area (Å²) in [6, 6.07) is 20.5. The van der Waals surface area contributed by atoms with E-state index in [0.717, 1.165) is 33.8 Å². The van der Waals surface area contributed by atoms with E-state index in [2.05, 4.69) is 33.6 Å². The van der Waals surface area contributed by atoms with Crippen molar-refractivity contribution in [3.8, 4) is 22.6 Å². The average Bonchev–Trinajstić information content (AvgIpc) is 3.36. The van der Waals surface area contributed by atoms with Gasteiger partial charge in [-0.1, -0.05) is 36.4 Å². The Morgan fingerprint density at radius 2 is 1.11 bits per heavy atom. The maximum absolute atomic E-state index is 6.27. The van der Waals surface area contributed by atoms with Gasteiger partial charge in [-0.05, 0) is 66.3 Å². The predicted octanol–water partition coefficient (Wildman–Crippen LogP) is 3.92. The van der Waals surface area contributed by atoms with Gasteiger partial charge in [0.05, 0.1) is 13.1 Å². The van der Waals surface area contributed by atoms with Crippen LogP contribution < -0.4 is 11.5 Å². The van der Waals surface area contributed by atoms with Gasteiger partial charge in [-0.2, -0.15) is 0 Å². The standard InChI is InChI=1S/C28H38N6O/c1-19(33(3)4)17-31-27(29)23-11-7-9-21(15-23)25-13-14-26(35-25)22-10-8-12-24(16-22)28(30)32-18-20(2)34(5)6/h7-16,19-20H,17-18H2,1-6H3,(H2,29,31)(H2,30,32). The predicted molar refractivity (Wildman–Crippen MR) is 147 cm³/mol. The molecule has 0 saturated heterocycles.